The van der Waals surface area contributed by atoms with E-state index in [0.29, 0.717) is 5.56 Å². The highest BCUT2D eigenvalue weighted by molar-refractivity contribution is 5.98. The Balaban J connectivity index is 2.77. The topological polar surface area (TPSA) is 69.4 Å². The summed E-state index contributed by atoms with van der Waals surface area (Å²) >= 11 is 0. The van der Waals surface area contributed by atoms with Gasteiger partial charge in [0.15, 0.2) is 5.78 Å². The second-order valence-electron chi connectivity index (χ2n) is 3.57. The molecule has 0 aliphatic rings. The van der Waals surface area contributed by atoms with Crippen LogP contribution in [0, 0.1) is 6.92 Å². The van der Waals surface area contributed by atoms with Gasteiger partial charge in [0.05, 0.1) is 7.11 Å². The molecule has 0 aliphatic carbocycles. The molecule has 0 fully saturated rings. The number of rotatable bonds is 5. The number of nitrogens with two attached hydrogens (primary N) is 1. The average molecular weight is 221 g/mol. The van der Waals surface area contributed by atoms with Crippen molar-refractivity contribution in [1.82, 2.24) is 0 Å². The number of Topliss-reactive ketones (excluding diaryl/α,β-unsaturated/α-hetero) is 1. The van der Waals surface area contributed by atoms with E-state index in [2.05, 4.69) is 0 Å². The van der Waals surface area contributed by atoms with Crippen LogP contribution in [0.2, 0.25) is 0 Å². The Morgan fingerprint density at radius 1 is 1.31 bits per heavy atom. The highest BCUT2D eigenvalue weighted by Crippen LogP contribution is 2.19. The normalized spacial score (nSPS) is 9.88. The summed E-state index contributed by atoms with van der Waals surface area (Å²) in [6.45, 7) is 1.86. The standard InChI is InChI=1S/C12H15NO3/c1-8-7-9(3-5-11(8)16-2)10(14)4-6-12(13)15/h3,5,7H,4,6H2,1-2H3,(H2,13,15). The third kappa shape index (κ3) is 3.08. The van der Waals surface area contributed by atoms with Crippen molar-refractivity contribution in [2.24, 2.45) is 5.73 Å². The van der Waals surface area contributed by atoms with Crippen molar-refractivity contribution in [3.8, 4) is 5.75 Å². The molecule has 1 rings (SSSR count). The highest BCUT2D eigenvalue weighted by Gasteiger charge is 2.09. The van der Waals surface area contributed by atoms with Crippen LogP contribution in [0.1, 0.15) is 28.8 Å². The molecule has 0 atom stereocenters. The third-order valence-corrected chi connectivity index (χ3v) is 2.32. The molecule has 16 heavy (non-hydrogen) atoms. The molecule has 1 amide bonds. The molecule has 0 radical (unpaired) electrons. The van der Waals surface area contributed by atoms with Crippen LogP contribution in [0.15, 0.2) is 18.2 Å². The van der Waals surface area contributed by atoms with Crippen LogP contribution in [0.25, 0.3) is 0 Å². The van der Waals surface area contributed by atoms with E-state index in [1.54, 1.807) is 25.3 Å². The molecule has 1 aromatic carbocycles. The molecule has 86 valence electrons. The van der Waals surface area contributed by atoms with Crippen molar-refractivity contribution in [2.45, 2.75) is 19.8 Å². The molecule has 0 unspecified atom stereocenters. The molecule has 2 N–H and O–H groups in total. The van der Waals surface area contributed by atoms with E-state index in [0.717, 1.165) is 11.3 Å². The summed E-state index contributed by atoms with van der Waals surface area (Å²) in [5, 5.41) is 0. The number of carbonyl (C=O) groups excluding carboxylic acids is 2. The maximum atomic E-state index is 11.7. The monoisotopic (exact) mass is 221 g/mol. The SMILES string of the molecule is COc1ccc(C(=O)CCC(N)=O)cc1C. The molecular weight excluding hydrogens is 206 g/mol. The van der Waals surface area contributed by atoms with Gasteiger partial charge in [-0.3, -0.25) is 9.59 Å². The van der Waals surface area contributed by atoms with Gasteiger partial charge in [-0.25, -0.2) is 0 Å². The van der Waals surface area contributed by atoms with Gasteiger partial charge in [-0.05, 0) is 30.7 Å². The second-order valence-corrected chi connectivity index (χ2v) is 3.57. The van der Waals surface area contributed by atoms with Crippen LogP contribution >= 0.6 is 0 Å². The van der Waals surface area contributed by atoms with Gasteiger partial charge in [-0.1, -0.05) is 0 Å². The minimum Gasteiger partial charge on any atom is -0.496 e. The molecule has 0 heterocycles. The molecule has 1 aromatic rings. The maximum absolute atomic E-state index is 11.7. The van der Waals surface area contributed by atoms with Crippen molar-refractivity contribution in [3.05, 3.63) is 29.3 Å². The van der Waals surface area contributed by atoms with Gasteiger partial charge in [0.2, 0.25) is 5.91 Å². The maximum Gasteiger partial charge on any atom is 0.217 e. The van der Waals surface area contributed by atoms with Crippen LogP contribution < -0.4 is 10.5 Å². The van der Waals surface area contributed by atoms with Crippen LogP contribution in [0.3, 0.4) is 0 Å². The molecule has 0 aromatic heterocycles. The van der Waals surface area contributed by atoms with Crippen molar-refractivity contribution < 1.29 is 14.3 Å². The summed E-state index contributed by atoms with van der Waals surface area (Å²) in [5.74, 6) is 0.203. The zero-order chi connectivity index (χ0) is 12.1. The number of amides is 1. The van der Waals surface area contributed by atoms with Crippen molar-refractivity contribution in [2.75, 3.05) is 7.11 Å². The van der Waals surface area contributed by atoms with Crippen LogP contribution in [-0.2, 0) is 4.79 Å². The number of aryl methyl sites for hydroxylation is 1. The number of carbonyl (C=O) groups is 2. The number of primary amides is 1. The number of hydrogen-bond acceptors (Lipinski definition) is 3. The molecular formula is C12H15NO3. The van der Waals surface area contributed by atoms with Gasteiger partial charge in [0.1, 0.15) is 5.75 Å². The first kappa shape index (κ1) is 12.2. The van der Waals surface area contributed by atoms with E-state index in [-0.39, 0.29) is 18.6 Å². The Bertz CT molecular complexity index is 413. The Kier molecular flexibility index (Phi) is 4.05. The lowest BCUT2D eigenvalue weighted by atomic mass is 10.0. The molecule has 0 saturated heterocycles. The molecule has 0 bridgehead atoms. The minimum absolute atomic E-state index is 0.0791. The summed E-state index contributed by atoms with van der Waals surface area (Å²) in [5.41, 5.74) is 6.46. The average Bonchev–Trinajstić information content (AvgIpc) is 2.25. The summed E-state index contributed by atoms with van der Waals surface area (Å²) in [4.78, 5) is 22.2. The summed E-state index contributed by atoms with van der Waals surface area (Å²) in [6.07, 6.45) is 0.241. The minimum atomic E-state index is -0.460. The zero-order valence-corrected chi connectivity index (χ0v) is 9.45. The first-order valence-electron chi connectivity index (χ1n) is 5.00. The van der Waals surface area contributed by atoms with E-state index < -0.39 is 5.91 Å². The Labute approximate surface area is 94.4 Å². The van der Waals surface area contributed by atoms with Gasteiger partial charge in [0, 0.05) is 18.4 Å². The second kappa shape index (κ2) is 5.30. The molecule has 0 aliphatic heterocycles. The van der Waals surface area contributed by atoms with E-state index >= 15 is 0 Å². The predicted molar refractivity (Wildman–Crippen MR) is 60.5 cm³/mol. The fourth-order valence-electron chi connectivity index (χ4n) is 1.43. The number of benzene rings is 1. The third-order valence-electron chi connectivity index (χ3n) is 2.32. The van der Waals surface area contributed by atoms with Crippen LogP contribution in [0.4, 0.5) is 0 Å². The zero-order valence-electron chi connectivity index (χ0n) is 9.45. The van der Waals surface area contributed by atoms with E-state index in [1.165, 1.54) is 0 Å². The first-order valence-corrected chi connectivity index (χ1v) is 5.00. The largest absolute Gasteiger partial charge is 0.496 e. The molecule has 0 saturated carbocycles. The first-order chi connectivity index (χ1) is 7.54. The fraction of sp³-hybridized carbons (Fsp3) is 0.333. The van der Waals surface area contributed by atoms with Gasteiger partial charge < -0.3 is 10.5 Å². The van der Waals surface area contributed by atoms with Crippen molar-refractivity contribution in [1.29, 1.82) is 0 Å². The lowest BCUT2D eigenvalue weighted by Gasteiger charge is -2.06. The summed E-state index contributed by atoms with van der Waals surface area (Å²) < 4.78 is 5.09. The quantitative estimate of drug-likeness (QED) is 0.765. The molecule has 4 heteroatoms. The summed E-state index contributed by atoms with van der Waals surface area (Å²) in [7, 11) is 1.58. The Morgan fingerprint density at radius 2 is 2.00 bits per heavy atom. The van der Waals surface area contributed by atoms with Gasteiger partial charge in [0.25, 0.3) is 0 Å². The van der Waals surface area contributed by atoms with E-state index in [4.69, 9.17) is 10.5 Å². The fourth-order valence-corrected chi connectivity index (χ4v) is 1.43. The number of methoxy groups -OCH3 is 1. The number of hydrogen-bond donors (Lipinski definition) is 1. The molecule has 0 spiro atoms. The Morgan fingerprint density at radius 3 is 2.50 bits per heavy atom. The van der Waals surface area contributed by atoms with Gasteiger partial charge in [-0.15, -0.1) is 0 Å². The van der Waals surface area contributed by atoms with Gasteiger partial charge >= 0.3 is 0 Å². The lowest BCUT2D eigenvalue weighted by Crippen LogP contribution is -2.12. The van der Waals surface area contributed by atoms with Crippen molar-refractivity contribution in [3.63, 3.8) is 0 Å². The highest BCUT2D eigenvalue weighted by atomic mass is 16.5. The van der Waals surface area contributed by atoms with Gasteiger partial charge in [-0.2, -0.15) is 0 Å². The van der Waals surface area contributed by atoms with E-state index in [9.17, 15) is 9.59 Å². The number of ether oxygens (including phenoxy) is 1. The number of ketones is 1. The lowest BCUT2D eigenvalue weighted by molar-refractivity contribution is -0.118. The summed E-state index contributed by atoms with van der Waals surface area (Å²) in [6, 6.07) is 5.18. The van der Waals surface area contributed by atoms with Crippen LogP contribution in [0.5, 0.6) is 5.75 Å². The predicted octanol–water partition coefficient (Wildman–Crippen LogP) is 1.45. The van der Waals surface area contributed by atoms with Crippen molar-refractivity contribution >= 4 is 11.7 Å². The van der Waals surface area contributed by atoms with E-state index in [1.807, 2.05) is 6.92 Å². The molecule has 4 nitrogen and oxygen atoms in total. The smallest absolute Gasteiger partial charge is 0.217 e. The van der Waals surface area contributed by atoms with Crippen LogP contribution in [-0.4, -0.2) is 18.8 Å². The Hall–Kier alpha value is -1.84.